The molecule has 1 heterocycles. The molecule has 0 aromatic heterocycles. The first-order valence-corrected chi connectivity index (χ1v) is 6.93. The summed E-state index contributed by atoms with van der Waals surface area (Å²) >= 11 is 0. The molecule has 1 saturated heterocycles. The van der Waals surface area contributed by atoms with Crippen LogP contribution in [0.5, 0.6) is 0 Å². The Morgan fingerprint density at radius 1 is 1.11 bits per heavy atom. The predicted octanol–water partition coefficient (Wildman–Crippen LogP) is 1.79. The van der Waals surface area contributed by atoms with Gasteiger partial charge < -0.3 is 10.2 Å². The second-order valence-corrected chi connectivity index (χ2v) is 5.92. The SMILES string of the molecule is CCC(C)N1C(=O)C(C(C)C)NC(=O)C1C(C)C. The van der Waals surface area contributed by atoms with Crippen LogP contribution in [0.1, 0.15) is 48.0 Å². The van der Waals surface area contributed by atoms with Crippen molar-refractivity contribution in [2.24, 2.45) is 11.8 Å². The minimum atomic E-state index is -0.374. The van der Waals surface area contributed by atoms with Gasteiger partial charge in [-0.05, 0) is 25.2 Å². The lowest BCUT2D eigenvalue weighted by Gasteiger charge is -2.44. The minimum absolute atomic E-state index is 0.0106. The molecule has 0 aromatic carbocycles. The topological polar surface area (TPSA) is 49.4 Å². The second kappa shape index (κ2) is 5.72. The minimum Gasteiger partial charge on any atom is -0.342 e. The molecule has 0 aliphatic carbocycles. The first-order chi connectivity index (χ1) is 8.31. The number of hydrogen-bond acceptors (Lipinski definition) is 2. The van der Waals surface area contributed by atoms with E-state index >= 15 is 0 Å². The Bertz CT molecular complexity index is 326. The third-order valence-corrected chi connectivity index (χ3v) is 3.75. The van der Waals surface area contributed by atoms with E-state index in [1.54, 1.807) is 4.90 Å². The number of rotatable bonds is 4. The molecule has 0 aromatic rings. The van der Waals surface area contributed by atoms with Gasteiger partial charge in [-0.1, -0.05) is 34.6 Å². The Balaban J connectivity index is 3.08. The van der Waals surface area contributed by atoms with Crippen LogP contribution in [0.2, 0.25) is 0 Å². The summed E-state index contributed by atoms with van der Waals surface area (Å²) in [6, 6.07) is -0.596. The number of nitrogens with one attached hydrogen (secondary N) is 1. The van der Waals surface area contributed by atoms with Crippen molar-refractivity contribution >= 4 is 11.8 Å². The van der Waals surface area contributed by atoms with Crippen molar-refractivity contribution in [3.05, 3.63) is 0 Å². The summed E-state index contributed by atoms with van der Waals surface area (Å²) in [6.45, 7) is 12.0. The number of piperazine rings is 1. The van der Waals surface area contributed by atoms with Crippen LogP contribution in [0, 0.1) is 11.8 Å². The Morgan fingerprint density at radius 3 is 2.06 bits per heavy atom. The van der Waals surface area contributed by atoms with Crippen molar-refractivity contribution in [2.75, 3.05) is 0 Å². The summed E-state index contributed by atoms with van der Waals surface area (Å²) in [7, 11) is 0. The van der Waals surface area contributed by atoms with Gasteiger partial charge in [-0.2, -0.15) is 0 Å². The van der Waals surface area contributed by atoms with Gasteiger partial charge in [0.2, 0.25) is 11.8 Å². The summed E-state index contributed by atoms with van der Waals surface area (Å²) in [6.07, 6.45) is 0.868. The molecule has 1 rings (SSSR count). The molecular weight excluding hydrogens is 228 g/mol. The number of hydrogen-bond donors (Lipinski definition) is 1. The van der Waals surface area contributed by atoms with Gasteiger partial charge >= 0.3 is 0 Å². The monoisotopic (exact) mass is 254 g/mol. The maximum absolute atomic E-state index is 12.5. The van der Waals surface area contributed by atoms with Crippen LogP contribution < -0.4 is 5.32 Å². The lowest BCUT2D eigenvalue weighted by molar-refractivity contribution is -0.155. The molecule has 4 nitrogen and oxygen atoms in total. The van der Waals surface area contributed by atoms with E-state index in [0.717, 1.165) is 6.42 Å². The summed E-state index contributed by atoms with van der Waals surface area (Å²) < 4.78 is 0. The first kappa shape index (κ1) is 15.0. The van der Waals surface area contributed by atoms with Crippen LogP contribution in [-0.2, 0) is 9.59 Å². The zero-order chi connectivity index (χ0) is 14.0. The Labute approximate surface area is 110 Å². The maximum atomic E-state index is 12.5. The van der Waals surface area contributed by atoms with E-state index in [9.17, 15) is 9.59 Å². The van der Waals surface area contributed by atoms with Gasteiger partial charge in [0.15, 0.2) is 0 Å². The van der Waals surface area contributed by atoms with Crippen molar-refractivity contribution in [2.45, 2.75) is 66.1 Å². The Hall–Kier alpha value is -1.06. The number of carbonyl (C=O) groups excluding carboxylic acids is 2. The molecule has 0 spiro atoms. The molecule has 3 unspecified atom stereocenters. The third kappa shape index (κ3) is 2.68. The normalized spacial score (nSPS) is 26.8. The lowest BCUT2D eigenvalue weighted by Crippen LogP contribution is -2.67. The first-order valence-electron chi connectivity index (χ1n) is 6.93. The van der Waals surface area contributed by atoms with E-state index < -0.39 is 0 Å². The van der Waals surface area contributed by atoms with Crippen molar-refractivity contribution in [1.82, 2.24) is 10.2 Å². The zero-order valence-electron chi connectivity index (χ0n) is 12.4. The van der Waals surface area contributed by atoms with Crippen LogP contribution in [0.4, 0.5) is 0 Å². The fourth-order valence-corrected chi connectivity index (χ4v) is 2.49. The highest BCUT2D eigenvalue weighted by Crippen LogP contribution is 2.23. The molecule has 4 heteroatoms. The molecule has 0 bridgehead atoms. The molecular formula is C14H26N2O2. The fourth-order valence-electron chi connectivity index (χ4n) is 2.49. The van der Waals surface area contributed by atoms with E-state index in [1.165, 1.54) is 0 Å². The molecule has 2 amide bonds. The van der Waals surface area contributed by atoms with Gasteiger partial charge in [0.05, 0.1) is 0 Å². The van der Waals surface area contributed by atoms with Crippen LogP contribution in [-0.4, -0.2) is 34.8 Å². The van der Waals surface area contributed by atoms with Gasteiger partial charge in [-0.15, -0.1) is 0 Å². The number of amides is 2. The van der Waals surface area contributed by atoms with Crippen LogP contribution in [0.25, 0.3) is 0 Å². The summed E-state index contributed by atoms with van der Waals surface area (Å²) in [4.78, 5) is 26.6. The van der Waals surface area contributed by atoms with Crippen molar-refractivity contribution < 1.29 is 9.59 Å². The highest BCUT2D eigenvalue weighted by molar-refractivity contribution is 5.97. The lowest BCUT2D eigenvalue weighted by atomic mass is 9.91. The van der Waals surface area contributed by atoms with Crippen LogP contribution in [0.3, 0.4) is 0 Å². The molecule has 0 radical (unpaired) electrons. The number of carbonyl (C=O) groups is 2. The Morgan fingerprint density at radius 2 is 1.67 bits per heavy atom. The molecule has 104 valence electrons. The van der Waals surface area contributed by atoms with E-state index in [4.69, 9.17) is 0 Å². The van der Waals surface area contributed by atoms with Gasteiger partial charge in [0, 0.05) is 6.04 Å². The molecule has 1 fully saturated rings. The zero-order valence-corrected chi connectivity index (χ0v) is 12.4. The maximum Gasteiger partial charge on any atom is 0.246 e. The smallest absolute Gasteiger partial charge is 0.246 e. The Kier molecular flexibility index (Phi) is 4.77. The highest BCUT2D eigenvalue weighted by atomic mass is 16.2. The van der Waals surface area contributed by atoms with Crippen LogP contribution in [0.15, 0.2) is 0 Å². The fraction of sp³-hybridized carbons (Fsp3) is 0.857. The molecule has 1 N–H and O–H groups in total. The largest absolute Gasteiger partial charge is 0.342 e. The van der Waals surface area contributed by atoms with Gasteiger partial charge in [0.1, 0.15) is 12.1 Å². The van der Waals surface area contributed by atoms with E-state index in [0.29, 0.717) is 0 Å². The average Bonchev–Trinajstić information content (AvgIpc) is 2.29. The van der Waals surface area contributed by atoms with Crippen molar-refractivity contribution in [1.29, 1.82) is 0 Å². The van der Waals surface area contributed by atoms with Crippen molar-refractivity contribution in [3.63, 3.8) is 0 Å². The molecule has 3 atom stereocenters. The second-order valence-electron chi connectivity index (χ2n) is 5.92. The van der Waals surface area contributed by atoms with Gasteiger partial charge in [0.25, 0.3) is 0 Å². The summed E-state index contributed by atoms with van der Waals surface area (Å²) in [5.41, 5.74) is 0. The third-order valence-electron chi connectivity index (χ3n) is 3.75. The standard InChI is InChI=1S/C14H26N2O2/c1-7-10(6)16-12(9(4)5)13(17)15-11(8(2)3)14(16)18/h8-12H,7H2,1-6H3,(H,15,17). The van der Waals surface area contributed by atoms with Crippen LogP contribution >= 0.6 is 0 Å². The van der Waals surface area contributed by atoms with Crippen molar-refractivity contribution in [3.8, 4) is 0 Å². The molecule has 18 heavy (non-hydrogen) atoms. The van der Waals surface area contributed by atoms with E-state index in [-0.39, 0.29) is 41.8 Å². The quantitative estimate of drug-likeness (QED) is 0.831. The molecule has 0 saturated carbocycles. The summed E-state index contributed by atoms with van der Waals surface area (Å²) in [5.74, 6) is 0.318. The highest BCUT2D eigenvalue weighted by Gasteiger charge is 2.44. The molecule has 1 aliphatic heterocycles. The summed E-state index contributed by atoms with van der Waals surface area (Å²) in [5, 5.41) is 2.88. The van der Waals surface area contributed by atoms with Gasteiger partial charge in [-0.25, -0.2) is 0 Å². The molecule has 1 aliphatic rings. The van der Waals surface area contributed by atoms with E-state index in [2.05, 4.69) is 5.32 Å². The average molecular weight is 254 g/mol. The predicted molar refractivity (Wildman–Crippen MR) is 72.0 cm³/mol. The van der Waals surface area contributed by atoms with Gasteiger partial charge in [-0.3, -0.25) is 9.59 Å². The number of nitrogens with zero attached hydrogens (tertiary/aromatic N) is 1. The van der Waals surface area contributed by atoms with E-state index in [1.807, 2.05) is 41.5 Å².